The number of halogens is 2. The van der Waals surface area contributed by atoms with Gasteiger partial charge < -0.3 is 9.47 Å². The Labute approximate surface area is 229 Å². The molecule has 0 bridgehead atoms. The number of amides is 1. The van der Waals surface area contributed by atoms with Gasteiger partial charge in [0.1, 0.15) is 23.2 Å². The molecule has 0 radical (unpaired) electrons. The lowest BCUT2D eigenvalue weighted by Gasteiger charge is -2.23. The first kappa shape index (κ1) is 27.2. The van der Waals surface area contributed by atoms with E-state index in [0.29, 0.717) is 27.6 Å². The van der Waals surface area contributed by atoms with Crippen molar-refractivity contribution in [3.63, 3.8) is 0 Å². The van der Waals surface area contributed by atoms with Crippen LogP contribution in [0.2, 0.25) is 10.2 Å². The van der Waals surface area contributed by atoms with Crippen LogP contribution in [0.5, 0.6) is 11.5 Å². The maximum atomic E-state index is 13.5. The van der Waals surface area contributed by atoms with E-state index < -0.39 is 22.5 Å². The Bertz CT molecular complexity index is 1600. The number of pyridine rings is 1. The van der Waals surface area contributed by atoms with E-state index in [0.717, 1.165) is 9.69 Å². The van der Waals surface area contributed by atoms with Crippen molar-refractivity contribution in [1.29, 1.82) is 0 Å². The molecule has 0 saturated heterocycles. The third-order valence-electron chi connectivity index (χ3n) is 5.45. The molecule has 196 valence electrons. The van der Waals surface area contributed by atoms with Gasteiger partial charge >= 0.3 is 0 Å². The first-order valence-electron chi connectivity index (χ1n) is 11.1. The molecule has 0 fully saturated rings. The number of methoxy groups -OCH3 is 2. The van der Waals surface area contributed by atoms with Crippen LogP contribution in [0, 0.1) is 0 Å². The number of sulfonamides is 1. The number of aromatic nitrogens is 1. The molecule has 0 aliphatic rings. The molecular formula is C26H22Cl2N4O5S. The van der Waals surface area contributed by atoms with Crippen molar-refractivity contribution in [1.82, 2.24) is 10.4 Å². The summed E-state index contributed by atoms with van der Waals surface area (Å²) in [7, 11) is -1.08. The number of anilines is 1. The fourth-order valence-corrected chi connectivity index (χ4v) is 5.24. The number of carbonyl (C=O) groups is 1. The number of nitrogens with one attached hydrogen (secondary N) is 1. The summed E-state index contributed by atoms with van der Waals surface area (Å²) in [5, 5.41) is 5.34. The van der Waals surface area contributed by atoms with E-state index in [4.69, 9.17) is 32.7 Å². The molecule has 12 heteroatoms. The summed E-state index contributed by atoms with van der Waals surface area (Å²) in [5.74, 6) is 0.461. The van der Waals surface area contributed by atoms with E-state index in [1.807, 2.05) is 6.07 Å². The van der Waals surface area contributed by atoms with Crippen molar-refractivity contribution < 1.29 is 22.7 Å². The van der Waals surface area contributed by atoms with Crippen LogP contribution >= 0.6 is 23.2 Å². The number of hydrogen-bond donors (Lipinski definition) is 1. The molecule has 0 unspecified atom stereocenters. The molecule has 0 saturated carbocycles. The predicted molar refractivity (Wildman–Crippen MR) is 148 cm³/mol. The van der Waals surface area contributed by atoms with E-state index in [9.17, 15) is 13.2 Å². The van der Waals surface area contributed by atoms with Crippen molar-refractivity contribution in [2.75, 3.05) is 25.1 Å². The van der Waals surface area contributed by atoms with Gasteiger partial charge in [0.2, 0.25) is 0 Å². The zero-order valence-electron chi connectivity index (χ0n) is 20.3. The molecule has 4 rings (SSSR count). The van der Waals surface area contributed by atoms with Crippen LogP contribution in [0.1, 0.15) is 5.56 Å². The van der Waals surface area contributed by atoms with Gasteiger partial charge in [-0.3, -0.25) is 9.10 Å². The second-order valence-corrected chi connectivity index (χ2v) is 10.5. The number of ether oxygens (including phenoxy) is 2. The second kappa shape index (κ2) is 11.7. The number of hydrazone groups is 1. The number of hydrogen-bond acceptors (Lipinski definition) is 7. The molecule has 0 aliphatic heterocycles. The molecule has 1 aromatic heterocycles. The fourth-order valence-electron chi connectivity index (χ4n) is 3.49. The minimum absolute atomic E-state index is 0.0183. The lowest BCUT2D eigenvalue weighted by molar-refractivity contribution is -0.119. The second-order valence-electron chi connectivity index (χ2n) is 7.88. The lowest BCUT2D eigenvalue weighted by Crippen LogP contribution is -2.39. The van der Waals surface area contributed by atoms with Crippen molar-refractivity contribution in [3.05, 3.63) is 88.5 Å². The first-order valence-corrected chi connectivity index (χ1v) is 13.3. The highest BCUT2D eigenvalue weighted by Gasteiger charge is 2.27. The Hall–Kier alpha value is -3.86. The Morgan fingerprint density at radius 3 is 2.29 bits per heavy atom. The Kier molecular flexibility index (Phi) is 8.35. The molecule has 0 aliphatic carbocycles. The van der Waals surface area contributed by atoms with Crippen LogP contribution in [-0.4, -0.2) is 46.3 Å². The summed E-state index contributed by atoms with van der Waals surface area (Å²) < 4.78 is 38.2. The summed E-state index contributed by atoms with van der Waals surface area (Å²) in [6.45, 7) is -0.545. The first-order chi connectivity index (χ1) is 18.2. The molecule has 4 aromatic rings. The van der Waals surface area contributed by atoms with Gasteiger partial charge in [0, 0.05) is 22.0 Å². The average Bonchev–Trinajstić information content (AvgIpc) is 2.92. The molecule has 9 nitrogen and oxygen atoms in total. The van der Waals surface area contributed by atoms with Gasteiger partial charge in [-0.15, -0.1) is 0 Å². The third kappa shape index (κ3) is 6.16. The highest BCUT2D eigenvalue weighted by atomic mass is 35.5. The molecule has 38 heavy (non-hydrogen) atoms. The minimum Gasteiger partial charge on any atom is -0.497 e. The number of nitrogens with zero attached hydrogens (tertiary/aromatic N) is 3. The summed E-state index contributed by atoms with van der Waals surface area (Å²) in [5.41, 5.74) is 3.70. The molecule has 0 spiro atoms. The van der Waals surface area contributed by atoms with Gasteiger partial charge in [-0.1, -0.05) is 23.2 Å². The van der Waals surface area contributed by atoms with Crippen molar-refractivity contribution in [2.24, 2.45) is 5.10 Å². The smallest absolute Gasteiger partial charge is 0.264 e. The average molecular weight is 573 g/mol. The van der Waals surface area contributed by atoms with E-state index in [1.54, 1.807) is 25.3 Å². The summed E-state index contributed by atoms with van der Waals surface area (Å²) in [6.07, 6.45) is 1.33. The maximum absolute atomic E-state index is 13.5. The maximum Gasteiger partial charge on any atom is 0.264 e. The fraction of sp³-hybridized carbons (Fsp3) is 0.115. The topological polar surface area (TPSA) is 110 Å². The highest BCUT2D eigenvalue weighted by Crippen LogP contribution is 2.27. The van der Waals surface area contributed by atoms with E-state index >= 15 is 0 Å². The molecule has 1 heterocycles. The third-order valence-corrected chi connectivity index (χ3v) is 7.79. The van der Waals surface area contributed by atoms with Gasteiger partial charge in [0.25, 0.3) is 15.9 Å². The molecule has 1 N–H and O–H groups in total. The Morgan fingerprint density at radius 1 is 0.974 bits per heavy atom. The molecule has 0 atom stereocenters. The summed E-state index contributed by atoms with van der Waals surface area (Å²) >= 11 is 12.3. The van der Waals surface area contributed by atoms with Gasteiger partial charge in [0.05, 0.1) is 36.5 Å². The largest absolute Gasteiger partial charge is 0.497 e. The Balaban J connectivity index is 1.55. The van der Waals surface area contributed by atoms with E-state index in [-0.39, 0.29) is 15.7 Å². The predicted octanol–water partition coefficient (Wildman–Crippen LogP) is 4.90. The van der Waals surface area contributed by atoms with Crippen LogP contribution in [0.15, 0.2) is 82.8 Å². The number of fused-ring (bicyclic) bond motifs is 1. The molecule has 3 aromatic carbocycles. The van der Waals surface area contributed by atoms with Gasteiger partial charge in [0.15, 0.2) is 0 Å². The Morgan fingerprint density at radius 2 is 1.63 bits per heavy atom. The van der Waals surface area contributed by atoms with Crippen LogP contribution in [0.3, 0.4) is 0 Å². The van der Waals surface area contributed by atoms with Gasteiger partial charge in [-0.2, -0.15) is 5.10 Å². The van der Waals surface area contributed by atoms with E-state index in [2.05, 4.69) is 15.5 Å². The van der Waals surface area contributed by atoms with Crippen LogP contribution in [0.4, 0.5) is 5.69 Å². The summed E-state index contributed by atoms with van der Waals surface area (Å²) in [6, 6.07) is 19.0. The van der Waals surface area contributed by atoms with Gasteiger partial charge in [-0.05, 0) is 66.7 Å². The quantitative estimate of drug-likeness (QED) is 0.173. The normalized spacial score (nSPS) is 11.5. The minimum atomic E-state index is -4.12. The van der Waals surface area contributed by atoms with Crippen LogP contribution in [-0.2, 0) is 14.8 Å². The SMILES string of the molecule is COc1ccc(S(=O)(=O)N(CC(=O)N/N=C\c2cc3ccc(OC)cc3nc2Cl)c2ccc(Cl)cc2)cc1. The highest BCUT2D eigenvalue weighted by molar-refractivity contribution is 7.92. The standard InChI is InChI=1S/C26H22Cl2N4O5S/c1-36-21-9-11-23(12-10-21)38(34,35)32(20-6-4-19(27)5-7-20)16-25(33)31-29-15-18-13-17-3-8-22(37-2)14-24(17)30-26(18)28/h3-15H,16H2,1-2H3,(H,31,33)/b29-15-. The zero-order valence-corrected chi connectivity index (χ0v) is 22.6. The summed E-state index contributed by atoms with van der Waals surface area (Å²) in [4.78, 5) is 17.1. The monoisotopic (exact) mass is 572 g/mol. The number of carbonyl (C=O) groups excluding carboxylic acids is 1. The molecular weight excluding hydrogens is 551 g/mol. The van der Waals surface area contributed by atoms with Crippen molar-refractivity contribution in [2.45, 2.75) is 4.90 Å². The van der Waals surface area contributed by atoms with Gasteiger partial charge in [-0.25, -0.2) is 18.8 Å². The number of benzene rings is 3. The van der Waals surface area contributed by atoms with E-state index in [1.165, 1.54) is 61.9 Å². The van der Waals surface area contributed by atoms with Crippen molar-refractivity contribution >= 4 is 61.9 Å². The van der Waals surface area contributed by atoms with Crippen LogP contribution in [0.25, 0.3) is 10.9 Å². The zero-order chi connectivity index (χ0) is 27.3. The van der Waals surface area contributed by atoms with Crippen LogP contribution < -0.4 is 19.2 Å². The molecule has 1 amide bonds. The van der Waals surface area contributed by atoms with Crippen molar-refractivity contribution in [3.8, 4) is 11.5 Å². The number of rotatable bonds is 9. The lowest BCUT2D eigenvalue weighted by atomic mass is 10.1.